The second-order valence-electron chi connectivity index (χ2n) is 2.69. The van der Waals surface area contributed by atoms with Gasteiger partial charge in [-0.05, 0) is 17.7 Å². The number of nitrogens with zero attached hydrogens (tertiary/aromatic N) is 1. The average Bonchev–Trinajstić information content (AvgIpc) is 2.70. The van der Waals surface area contributed by atoms with Crippen molar-refractivity contribution in [3.63, 3.8) is 0 Å². The van der Waals surface area contributed by atoms with Gasteiger partial charge in [0.1, 0.15) is 5.15 Å². The van der Waals surface area contributed by atoms with E-state index in [9.17, 15) is 4.79 Å². The first-order valence-electron chi connectivity index (χ1n) is 3.95. The summed E-state index contributed by atoms with van der Waals surface area (Å²) < 4.78 is 4.93. The van der Waals surface area contributed by atoms with E-state index in [-0.39, 0.29) is 5.15 Å². The number of halogens is 1. The molecule has 0 saturated carbocycles. The smallest absolute Gasteiger partial charge is 0.153 e. The lowest BCUT2D eigenvalue weighted by Gasteiger charge is -2.01. The molecule has 0 unspecified atom stereocenters. The van der Waals surface area contributed by atoms with E-state index in [0.29, 0.717) is 11.8 Å². The Morgan fingerprint density at radius 3 is 2.93 bits per heavy atom. The number of aldehydes is 1. The van der Waals surface area contributed by atoms with Crippen molar-refractivity contribution >= 4 is 17.9 Å². The molecule has 14 heavy (non-hydrogen) atoms. The Morgan fingerprint density at radius 1 is 1.43 bits per heavy atom. The molecule has 2 heterocycles. The van der Waals surface area contributed by atoms with Gasteiger partial charge in [0.25, 0.3) is 0 Å². The fourth-order valence-corrected chi connectivity index (χ4v) is 1.43. The highest BCUT2D eigenvalue weighted by molar-refractivity contribution is 6.32. The maximum Gasteiger partial charge on any atom is 0.153 e. The Labute approximate surface area is 85.3 Å². The van der Waals surface area contributed by atoms with E-state index in [1.807, 2.05) is 0 Å². The zero-order valence-corrected chi connectivity index (χ0v) is 7.86. The number of rotatable bonds is 2. The van der Waals surface area contributed by atoms with Crippen LogP contribution in [0.25, 0.3) is 11.1 Å². The molecule has 0 amide bonds. The Bertz CT molecular complexity index is 451. The zero-order chi connectivity index (χ0) is 9.97. The van der Waals surface area contributed by atoms with Crippen LogP contribution in [0.5, 0.6) is 0 Å². The van der Waals surface area contributed by atoms with E-state index < -0.39 is 0 Å². The van der Waals surface area contributed by atoms with Crippen LogP contribution in [0.1, 0.15) is 10.4 Å². The summed E-state index contributed by atoms with van der Waals surface area (Å²) in [5, 5.41) is 0.207. The van der Waals surface area contributed by atoms with Crippen LogP contribution in [0.2, 0.25) is 5.15 Å². The molecular weight excluding hydrogens is 202 g/mol. The van der Waals surface area contributed by atoms with Gasteiger partial charge in [0, 0.05) is 11.8 Å². The fourth-order valence-electron chi connectivity index (χ4n) is 1.23. The summed E-state index contributed by atoms with van der Waals surface area (Å²) in [6.07, 6.45) is 5.34. The summed E-state index contributed by atoms with van der Waals surface area (Å²) in [4.78, 5) is 14.6. The van der Waals surface area contributed by atoms with E-state index in [4.69, 9.17) is 16.0 Å². The van der Waals surface area contributed by atoms with Gasteiger partial charge in [0.05, 0.1) is 18.1 Å². The molecule has 0 saturated heterocycles. The van der Waals surface area contributed by atoms with Crippen LogP contribution in [0.15, 0.2) is 35.3 Å². The van der Waals surface area contributed by atoms with Gasteiger partial charge < -0.3 is 4.42 Å². The highest BCUT2D eigenvalue weighted by atomic mass is 35.5. The second-order valence-corrected chi connectivity index (χ2v) is 3.05. The summed E-state index contributed by atoms with van der Waals surface area (Å²) in [5.41, 5.74) is 1.93. The maximum absolute atomic E-state index is 10.8. The molecule has 0 aliphatic rings. The van der Waals surface area contributed by atoms with Crippen molar-refractivity contribution in [1.82, 2.24) is 4.98 Å². The van der Waals surface area contributed by atoms with Crippen LogP contribution in [-0.4, -0.2) is 11.3 Å². The van der Waals surface area contributed by atoms with Gasteiger partial charge in [-0.3, -0.25) is 4.79 Å². The number of carbonyl (C=O) groups is 1. The Morgan fingerprint density at radius 2 is 2.29 bits per heavy atom. The molecule has 3 nitrogen and oxygen atoms in total. The number of furan rings is 1. The maximum atomic E-state index is 10.8. The van der Waals surface area contributed by atoms with Gasteiger partial charge in [-0.25, -0.2) is 4.98 Å². The monoisotopic (exact) mass is 207 g/mol. The zero-order valence-electron chi connectivity index (χ0n) is 7.11. The van der Waals surface area contributed by atoms with Crippen molar-refractivity contribution in [2.75, 3.05) is 0 Å². The number of carbonyl (C=O) groups excluding carboxylic acids is 1. The third-order valence-corrected chi connectivity index (χ3v) is 2.19. The first-order chi connectivity index (χ1) is 6.83. The van der Waals surface area contributed by atoms with Gasteiger partial charge in [-0.1, -0.05) is 11.6 Å². The van der Waals surface area contributed by atoms with Crippen molar-refractivity contribution in [2.45, 2.75) is 0 Å². The summed E-state index contributed by atoms with van der Waals surface area (Å²) >= 11 is 5.77. The molecule has 0 bridgehead atoms. The van der Waals surface area contributed by atoms with Crippen molar-refractivity contribution < 1.29 is 9.21 Å². The van der Waals surface area contributed by atoms with Crippen LogP contribution in [-0.2, 0) is 0 Å². The quantitative estimate of drug-likeness (QED) is 0.562. The molecule has 0 N–H and O–H groups in total. The predicted molar refractivity (Wildman–Crippen MR) is 52.3 cm³/mol. The summed E-state index contributed by atoms with van der Waals surface area (Å²) in [5.74, 6) is 0. The molecule has 4 heteroatoms. The molecule has 0 atom stereocenters. The Kier molecular flexibility index (Phi) is 2.33. The molecule has 0 aliphatic carbocycles. The van der Waals surface area contributed by atoms with E-state index in [0.717, 1.165) is 11.1 Å². The van der Waals surface area contributed by atoms with Gasteiger partial charge in [0.2, 0.25) is 0 Å². The summed E-state index contributed by atoms with van der Waals surface area (Å²) in [6.45, 7) is 0. The second kappa shape index (κ2) is 3.64. The SMILES string of the molecule is O=Cc1c(-c2ccoc2)ccnc1Cl. The minimum absolute atomic E-state index is 0.207. The molecule has 70 valence electrons. The predicted octanol–water partition coefficient (Wildman–Crippen LogP) is 2.81. The fraction of sp³-hybridized carbons (Fsp3) is 0. The van der Waals surface area contributed by atoms with Gasteiger partial charge in [-0.2, -0.15) is 0 Å². The van der Waals surface area contributed by atoms with Crippen molar-refractivity contribution in [1.29, 1.82) is 0 Å². The van der Waals surface area contributed by atoms with Crippen LogP contribution in [0.3, 0.4) is 0 Å². The normalized spacial score (nSPS) is 10.1. The lowest BCUT2D eigenvalue weighted by atomic mass is 10.1. The molecule has 0 aromatic carbocycles. The van der Waals surface area contributed by atoms with Crippen LogP contribution in [0, 0.1) is 0 Å². The first-order valence-corrected chi connectivity index (χ1v) is 4.33. The third-order valence-electron chi connectivity index (χ3n) is 1.89. The van der Waals surface area contributed by atoms with Gasteiger partial charge in [0.15, 0.2) is 6.29 Å². The highest BCUT2D eigenvalue weighted by Gasteiger charge is 2.09. The minimum atomic E-state index is 0.207. The lowest BCUT2D eigenvalue weighted by Crippen LogP contribution is -1.90. The third kappa shape index (κ3) is 1.42. The van der Waals surface area contributed by atoms with Gasteiger partial charge >= 0.3 is 0 Å². The van der Waals surface area contributed by atoms with Crippen molar-refractivity contribution in [3.05, 3.63) is 41.6 Å². The minimum Gasteiger partial charge on any atom is -0.472 e. The highest BCUT2D eigenvalue weighted by Crippen LogP contribution is 2.26. The van der Waals surface area contributed by atoms with E-state index in [1.165, 1.54) is 6.26 Å². The first kappa shape index (κ1) is 8.97. The molecule has 0 radical (unpaired) electrons. The standard InChI is InChI=1S/C10H6ClNO2/c11-10-9(5-13)8(1-3-12-10)7-2-4-14-6-7/h1-6H. The largest absolute Gasteiger partial charge is 0.472 e. The Hall–Kier alpha value is -1.61. The molecular formula is C10H6ClNO2. The van der Waals surface area contributed by atoms with Crippen molar-refractivity contribution in [2.24, 2.45) is 0 Å². The van der Waals surface area contributed by atoms with Crippen LogP contribution >= 0.6 is 11.6 Å². The molecule has 0 aliphatic heterocycles. The van der Waals surface area contributed by atoms with Gasteiger partial charge in [-0.15, -0.1) is 0 Å². The van der Waals surface area contributed by atoms with Crippen LogP contribution in [0.4, 0.5) is 0 Å². The summed E-state index contributed by atoms with van der Waals surface area (Å²) in [6, 6.07) is 3.49. The Balaban J connectivity index is 2.64. The molecule has 2 aromatic heterocycles. The lowest BCUT2D eigenvalue weighted by molar-refractivity contribution is 0.112. The molecule has 2 rings (SSSR count). The number of aromatic nitrogens is 1. The number of hydrogen-bond acceptors (Lipinski definition) is 3. The van der Waals surface area contributed by atoms with E-state index in [1.54, 1.807) is 24.6 Å². The molecule has 2 aromatic rings. The number of hydrogen-bond donors (Lipinski definition) is 0. The topological polar surface area (TPSA) is 43.1 Å². The molecule has 0 fully saturated rings. The number of pyridine rings is 1. The van der Waals surface area contributed by atoms with Crippen LogP contribution < -0.4 is 0 Å². The van der Waals surface area contributed by atoms with Crippen molar-refractivity contribution in [3.8, 4) is 11.1 Å². The van der Waals surface area contributed by atoms with E-state index >= 15 is 0 Å². The van der Waals surface area contributed by atoms with E-state index in [2.05, 4.69) is 4.98 Å². The molecule has 0 spiro atoms. The summed E-state index contributed by atoms with van der Waals surface area (Å²) in [7, 11) is 0. The average molecular weight is 208 g/mol.